The molecule has 54 valence electrons. The number of carboxylic acids is 1. The summed E-state index contributed by atoms with van der Waals surface area (Å²) < 4.78 is 0.123. The Bertz CT molecular complexity index is 197. The van der Waals surface area contributed by atoms with Gasteiger partial charge in [-0.1, -0.05) is 11.8 Å². The number of nitrogens with one attached hydrogen (secondary N) is 1. The third-order valence-electron chi connectivity index (χ3n) is 0.466. The van der Waals surface area contributed by atoms with Gasteiger partial charge in [-0.15, -0.1) is 0 Å². The molecule has 0 saturated heterocycles. The summed E-state index contributed by atoms with van der Waals surface area (Å²) in [6.07, 6.45) is 0. The van der Waals surface area contributed by atoms with Crippen molar-refractivity contribution >= 4 is 40.3 Å². The van der Waals surface area contributed by atoms with Crippen molar-refractivity contribution in [3.63, 3.8) is 0 Å². The Morgan fingerprint density at radius 1 is 1.90 bits per heavy atom. The maximum absolute atomic E-state index is 9.92. The molecule has 0 aromatic rings. The highest BCUT2D eigenvalue weighted by Crippen LogP contribution is 2.03. The number of hydrogen-bond acceptors (Lipinski definition) is 4. The lowest BCUT2D eigenvalue weighted by Crippen LogP contribution is -1.99. The van der Waals surface area contributed by atoms with Gasteiger partial charge >= 0.3 is 5.97 Å². The highest BCUT2D eigenvalue weighted by molar-refractivity contribution is 8.23. The van der Waals surface area contributed by atoms with Crippen molar-refractivity contribution in [2.24, 2.45) is 4.99 Å². The highest BCUT2D eigenvalue weighted by atomic mass is 32.2. The maximum atomic E-state index is 9.92. The molecule has 0 fully saturated rings. The number of aliphatic carboxylic acids is 1. The Labute approximate surface area is 66.9 Å². The molecule has 0 spiro atoms. The minimum atomic E-state index is -0.951. The molecule has 0 radical (unpaired) electrons. The Kier molecular flexibility index (Phi) is 4.74. The highest BCUT2D eigenvalue weighted by Gasteiger charge is 1.99. The van der Waals surface area contributed by atoms with E-state index in [1.807, 2.05) is 0 Å². The first-order chi connectivity index (χ1) is 4.66. The second-order valence-corrected chi connectivity index (χ2v) is 2.78. The molecule has 0 aliphatic rings. The van der Waals surface area contributed by atoms with Crippen LogP contribution in [0.25, 0.3) is 0 Å². The Morgan fingerprint density at radius 3 is 2.90 bits per heavy atom. The van der Waals surface area contributed by atoms with Crippen LogP contribution in [0.15, 0.2) is 4.99 Å². The zero-order valence-corrected chi connectivity index (χ0v) is 6.46. The zero-order valence-electron chi connectivity index (χ0n) is 4.83. The second kappa shape index (κ2) is 5.10. The summed E-state index contributed by atoms with van der Waals surface area (Å²) in [4.78, 5) is 13.2. The third kappa shape index (κ3) is 5.43. The number of thiocarbonyl (C=S) groups is 1. The first-order valence-corrected chi connectivity index (χ1v) is 3.57. The number of carbonyl (C=O) groups is 1. The van der Waals surface area contributed by atoms with E-state index in [-0.39, 0.29) is 10.1 Å². The van der Waals surface area contributed by atoms with E-state index < -0.39 is 5.97 Å². The second-order valence-electron chi connectivity index (χ2n) is 1.17. The number of hydrogen-bond donors (Lipinski definition) is 2. The van der Waals surface area contributed by atoms with Gasteiger partial charge in [-0.25, -0.2) is 5.41 Å². The normalized spacial score (nSPS) is 8.00. The molecular formula is C4H4N2O2S2. The largest absolute Gasteiger partial charge is 0.481 e. The molecule has 0 aromatic carbocycles. The van der Waals surface area contributed by atoms with E-state index in [9.17, 15) is 4.79 Å². The average Bonchev–Trinajstić information content (AvgIpc) is 1.85. The number of rotatable bonds is 2. The van der Waals surface area contributed by atoms with E-state index in [0.717, 1.165) is 11.8 Å². The molecule has 0 heterocycles. The predicted molar refractivity (Wildman–Crippen MR) is 42.8 cm³/mol. The molecule has 0 amide bonds. The van der Waals surface area contributed by atoms with Crippen LogP contribution in [0.2, 0.25) is 0 Å². The number of thioether (sulfide) groups is 1. The first kappa shape index (κ1) is 9.29. The minimum absolute atomic E-state index is 0.121. The van der Waals surface area contributed by atoms with E-state index in [0.29, 0.717) is 0 Å². The summed E-state index contributed by atoms with van der Waals surface area (Å²) in [5.41, 5.74) is 0. The van der Waals surface area contributed by atoms with E-state index in [1.54, 1.807) is 6.01 Å². The summed E-state index contributed by atoms with van der Waals surface area (Å²) in [6.45, 7) is 0. The van der Waals surface area contributed by atoms with Gasteiger partial charge in [-0.3, -0.25) is 4.79 Å². The maximum Gasteiger partial charge on any atom is 0.313 e. The number of aliphatic imine (C=N–C) groups is 1. The van der Waals surface area contributed by atoms with Gasteiger partial charge in [0, 0.05) is 0 Å². The Hall–Kier alpha value is -0.710. The lowest BCUT2D eigenvalue weighted by Gasteiger charge is -1.89. The van der Waals surface area contributed by atoms with Gasteiger partial charge < -0.3 is 5.11 Å². The Morgan fingerprint density at radius 2 is 2.50 bits per heavy atom. The molecule has 0 aliphatic carbocycles. The zero-order chi connectivity index (χ0) is 7.98. The van der Waals surface area contributed by atoms with Crippen molar-refractivity contribution in [1.29, 1.82) is 5.41 Å². The summed E-state index contributed by atoms with van der Waals surface area (Å²) in [5, 5.41) is 14.5. The fourth-order valence-electron chi connectivity index (χ4n) is 0.201. The molecule has 4 nitrogen and oxygen atoms in total. The van der Waals surface area contributed by atoms with Gasteiger partial charge in [0.1, 0.15) is 0 Å². The van der Waals surface area contributed by atoms with Gasteiger partial charge in [0.05, 0.1) is 11.8 Å². The van der Waals surface area contributed by atoms with Crippen molar-refractivity contribution in [3.8, 4) is 0 Å². The van der Waals surface area contributed by atoms with Crippen LogP contribution in [0.4, 0.5) is 0 Å². The third-order valence-corrected chi connectivity index (χ3v) is 1.64. The molecular weight excluding hydrogens is 172 g/mol. The molecule has 0 aromatic heterocycles. The van der Waals surface area contributed by atoms with E-state index >= 15 is 0 Å². The SMILES string of the molecule is N=C=NC(=S)SCC(=O)O. The standard InChI is InChI=1S/C4H4N2O2S2/c5-2-6-4(9)10-1-3(7)8/h5H,1H2,(H,7,8). The van der Waals surface area contributed by atoms with Crippen LogP contribution in [0.3, 0.4) is 0 Å². The van der Waals surface area contributed by atoms with Crippen molar-refractivity contribution in [2.75, 3.05) is 5.75 Å². The summed E-state index contributed by atoms with van der Waals surface area (Å²) in [7, 11) is 0. The first-order valence-electron chi connectivity index (χ1n) is 2.18. The molecule has 10 heavy (non-hydrogen) atoms. The topological polar surface area (TPSA) is 73.5 Å². The number of nitrogens with zero attached hydrogens (tertiary/aromatic N) is 1. The monoisotopic (exact) mass is 176 g/mol. The van der Waals surface area contributed by atoms with E-state index in [1.165, 1.54) is 0 Å². The molecule has 0 atom stereocenters. The quantitative estimate of drug-likeness (QED) is 0.483. The number of carboxylic acid groups (broad SMARTS) is 1. The Balaban J connectivity index is 3.60. The van der Waals surface area contributed by atoms with E-state index in [2.05, 4.69) is 17.2 Å². The fraction of sp³-hybridized carbons (Fsp3) is 0.250. The van der Waals surface area contributed by atoms with Gasteiger partial charge in [-0.05, 0) is 12.2 Å². The summed E-state index contributed by atoms with van der Waals surface area (Å²) >= 11 is 5.41. The van der Waals surface area contributed by atoms with Gasteiger partial charge in [0.25, 0.3) is 0 Å². The van der Waals surface area contributed by atoms with Crippen LogP contribution in [0.5, 0.6) is 0 Å². The lowest BCUT2D eigenvalue weighted by molar-refractivity contribution is -0.133. The molecule has 0 aliphatic heterocycles. The molecule has 0 bridgehead atoms. The van der Waals surface area contributed by atoms with Crippen molar-refractivity contribution in [3.05, 3.63) is 0 Å². The van der Waals surface area contributed by atoms with Gasteiger partial charge in [-0.2, -0.15) is 4.99 Å². The minimum Gasteiger partial charge on any atom is -0.481 e. The molecule has 6 heteroatoms. The van der Waals surface area contributed by atoms with Crippen molar-refractivity contribution in [1.82, 2.24) is 0 Å². The van der Waals surface area contributed by atoms with Crippen LogP contribution in [0, 0.1) is 5.41 Å². The summed E-state index contributed by atoms with van der Waals surface area (Å²) in [5.74, 6) is -1.07. The van der Waals surface area contributed by atoms with Crippen LogP contribution >= 0.6 is 24.0 Å². The van der Waals surface area contributed by atoms with Crippen LogP contribution < -0.4 is 0 Å². The van der Waals surface area contributed by atoms with Crippen molar-refractivity contribution < 1.29 is 9.90 Å². The smallest absolute Gasteiger partial charge is 0.313 e. The van der Waals surface area contributed by atoms with Gasteiger partial charge in [0.2, 0.25) is 0 Å². The predicted octanol–water partition coefficient (Wildman–Crippen LogP) is 0.842. The van der Waals surface area contributed by atoms with Crippen LogP contribution in [-0.2, 0) is 4.79 Å². The average molecular weight is 176 g/mol. The van der Waals surface area contributed by atoms with E-state index in [4.69, 9.17) is 10.5 Å². The fourth-order valence-corrected chi connectivity index (χ4v) is 0.781. The van der Waals surface area contributed by atoms with Gasteiger partial charge in [0.15, 0.2) is 4.32 Å². The summed E-state index contributed by atoms with van der Waals surface area (Å²) in [6, 6.07) is 1.71. The van der Waals surface area contributed by atoms with Crippen LogP contribution in [0.1, 0.15) is 0 Å². The molecule has 2 N–H and O–H groups in total. The van der Waals surface area contributed by atoms with Crippen LogP contribution in [-0.4, -0.2) is 27.2 Å². The lowest BCUT2D eigenvalue weighted by atomic mass is 10.8. The molecule has 0 unspecified atom stereocenters. The van der Waals surface area contributed by atoms with Crippen molar-refractivity contribution in [2.45, 2.75) is 0 Å². The molecule has 0 saturated carbocycles. The molecule has 0 rings (SSSR count).